The maximum Gasteiger partial charge on any atom is 0.256 e. The van der Waals surface area contributed by atoms with Crippen molar-refractivity contribution in [3.8, 4) is 0 Å². The van der Waals surface area contributed by atoms with Gasteiger partial charge in [0.05, 0.1) is 11.4 Å². The minimum absolute atomic E-state index is 0.110. The van der Waals surface area contributed by atoms with E-state index in [1.165, 1.54) is 0 Å². The van der Waals surface area contributed by atoms with Crippen molar-refractivity contribution >= 4 is 27.5 Å². The highest BCUT2D eigenvalue weighted by atomic mass is 79.9. The van der Waals surface area contributed by atoms with Gasteiger partial charge in [0.1, 0.15) is 0 Å². The molecule has 0 bridgehead atoms. The minimum atomic E-state index is -0.110. The lowest BCUT2D eigenvalue weighted by Crippen LogP contribution is -2.14. The molecule has 0 saturated carbocycles. The smallest absolute Gasteiger partial charge is 0.256 e. The third-order valence-corrected chi connectivity index (χ3v) is 3.43. The molecule has 5 heteroatoms. The second kappa shape index (κ2) is 5.57. The van der Waals surface area contributed by atoms with Gasteiger partial charge < -0.3 is 5.32 Å². The Balaban J connectivity index is 2.27. The number of aryl methyl sites for hydroxylation is 3. The molecule has 0 aliphatic rings. The summed E-state index contributed by atoms with van der Waals surface area (Å²) >= 11 is 3.39. The highest BCUT2D eigenvalue weighted by molar-refractivity contribution is 9.10. The van der Waals surface area contributed by atoms with Crippen molar-refractivity contribution in [2.45, 2.75) is 20.3 Å². The van der Waals surface area contributed by atoms with Gasteiger partial charge in [0, 0.05) is 23.3 Å². The molecule has 1 heterocycles. The van der Waals surface area contributed by atoms with Crippen LogP contribution < -0.4 is 5.32 Å². The van der Waals surface area contributed by atoms with Crippen LogP contribution >= 0.6 is 15.9 Å². The summed E-state index contributed by atoms with van der Waals surface area (Å²) in [6, 6.07) is 5.67. The molecule has 0 saturated heterocycles. The maximum atomic E-state index is 12.3. The Hall–Kier alpha value is -1.62. The molecule has 1 amide bonds. The molecule has 1 aromatic heterocycles. The van der Waals surface area contributed by atoms with Gasteiger partial charge in [-0.15, -0.1) is 0 Å². The molecule has 0 aliphatic carbocycles. The van der Waals surface area contributed by atoms with Gasteiger partial charge >= 0.3 is 0 Å². The van der Waals surface area contributed by atoms with E-state index in [-0.39, 0.29) is 5.91 Å². The SMILES string of the molecule is CCc1nn(C)cc1NC(=O)c1cc(Br)ccc1C. The number of carbonyl (C=O) groups is 1. The van der Waals surface area contributed by atoms with Crippen molar-refractivity contribution in [2.24, 2.45) is 7.05 Å². The van der Waals surface area contributed by atoms with Crippen molar-refractivity contribution in [1.29, 1.82) is 0 Å². The Morgan fingerprint density at radius 2 is 2.21 bits per heavy atom. The number of carbonyl (C=O) groups excluding carboxylic acids is 1. The van der Waals surface area contributed by atoms with E-state index in [0.29, 0.717) is 5.56 Å². The molecular formula is C14H16BrN3O. The summed E-state index contributed by atoms with van der Waals surface area (Å²) in [5, 5.41) is 7.23. The van der Waals surface area contributed by atoms with Crippen LogP contribution in [0.3, 0.4) is 0 Å². The summed E-state index contributed by atoms with van der Waals surface area (Å²) in [6.45, 7) is 3.94. The predicted molar refractivity (Wildman–Crippen MR) is 79.4 cm³/mol. The van der Waals surface area contributed by atoms with Gasteiger partial charge in [-0.1, -0.05) is 28.9 Å². The van der Waals surface area contributed by atoms with Crippen LogP contribution in [0.2, 0.25) is 0 Å². The van der Waals surface area contributed by atoms with Crippen LogP contribution in [-0.4, -0.2) is 15.7 Å². The van der Waals surface area contributed by atoms with Gasteiger partial charge in [-0.25, -0.2) is 0 Å². The minimum Gasteiger partial charge on any atom is -0.319 e. The second-order valence-corrected chi connectivity index (χ2v) is 5.35. The summed E-state index contributed by atoms with van der Waals surface area (Å²) in [5.41, 5.74) is 3.28. The van der Waals surface area contributed by atoms with Crippen molar-refractivity contribution in [2.75, 3.05) is 5.32 Å². The molecule has 4 nitrogen and oxygen atoms in total. The van der Waals surface area contributed by atoms with Crippen molar-refractivity contribution in [1.82, 2.24) is 9.78 Å². The average molecular weight is 322 g/mol. The molecule has 2 rings (SSSR count). The normalized spacial score (nSPS) is 10.5. The zero-order valence-electron chi connectivity index (χ0n) is 11.2. The molecule has 0 unspecified atom stereocenters. The van der Waals surface area contributed by atoms with Crippen LogP contribution in [0, 0.1) is 6.92 Å². The van der Waals surface area contributed by atoms with E-state index < -0.39 is 0 Å². The van der Waals surface area contributed by atoms with Gasteiger partial charge in [-0.2, -0.15) is 5.10 Å². The first-order valence-electron chi connectivity index (χ1n) is 6.11. The topological polar surface area (TPSA) is 46.9 Å². The molecule has 100 valence electrons. The Bertz CT molecular complexity index is 619. The van der Waals surface area contributed by atoms with Gasteiger partial charge in [0.2, 0.25) is 0 Å². The number of halogens is 1. The van der Waals surface area contributed by atoms with Gasteiger partial charge in [0.15, 0.2) is 0 Å². The molecule has 0 spiro atoms. The fourth-order valence-electron chi connectivity index (χ4n) is 1.93. The summed E-state index contributed by atoms with van der Waals surface area (Å²) in [7, 11) is 1.85. The lowest BCUT2D eigenvalue weighted by Gasteiger charge is -2.07. The van der Waals surface area contributed by atoms with Crippen molar-refractivity contribution in [3.05, 3.63) is 45.7 Å². The maximum absolute atomic E-state index is 12.3. The number of rotatable bonds is 3. The molecular weight excluding hydrogens is 306 g/mol. The van der Waals surface area contributed by atoms with Crippen LogP contribution in [0.5, 0.6) is 0 Å². The number of nitrogens with zero attached hydrogens (tertiary/aromatic N) is 2. The van der Waals surface area contributed by atoms with Gasteiger partial charge in [-0.3, -0.25) is 9.48 Å². The van der Waals surface area contributed by atoms with E-state index in [0.717, 1.165) is 27.8 Å². The Morgan fingerprint density at radius 1 is 1.47 bits per heavy atom. The monoisotopic (exact) mass is 321 g/mol. The fourth-order valence-corrected chi connectivity index (χ4v) is 2.29. The zero-order valence-corrected chi connectivity index (χ0v) is 12.8. The van der Waals surface area contributed by atoms with E-state index in [2.05, 4.69) is 26.3 Å². The number of aromatic nitrogens is 2. The van der Waals surface area contributed by atoms with Gasteiger partial charge in [0.25, 0.3) is 5.91 Å². The Labute approximate surface area is 120 Å². The molecule has 0 fully saturated rings. The lowest BCUT2D eigenvalue weighted by atomic mass is 10.1. The van der Waals surface area contributed by atoms with Crippen LogP contribution in [0.1, 0.15) is 28.5 Å². The second-order valence-electron chi connectivity index (χ2n) is 4.43. The first kappa shape index (κ1) is 13.8. The third kappa shape index (κ3) is 3.04. The quantitative estimate of drug-likeness (QED) is 0.942. The van der Waals surface area contributed by atoms with E-state index in [1.807, 2.05) is 45.3 Å². The number of anilines is 1. The number of nitrogens with one attached hydrogen (secondary N) is 1. The molecule has 1 aromatic carbocycles. The van der Waals surface area contributed by atoms with Crippen molar-refractivity contribution < 1.29 is 4.79 Å². The Kier molecular flexibility index (Phi) is 4.04. The first-order chi connectivity index (χ1) is 9.01. The van der Waals surface area contributed by atoms with Crippen LogP contribution in [0.15, 0.2) is 28.9 Å². The standard InChI is InChI=1S/C14H16BrN3O/c1-4-12-13(8-18(3)17-12)16-14(19)11-7-10(15)6-5-9(11)2/h5-8H,4H2,1-3H3,(H,16,19). The number of hydrogen-bond acceptors (Lipinski definition) is 2. The highest BCUT2D eigenvalue weighted by Gasteiger charge is 2.13. The van der Waals surface area contributed by atoms with E-state index in [9.17, 15) is 4.79 Å². The number of benzene rings is 1. The predicted octanol–water partition coefficient (Wildman–Crippen LogP) is 3.31. The summed E-state index contributed by atoms with van der Waals surface area (Å²) in [5.74, 6) is -0.110. The number of hydrogen-bond donors (Lipinski definition) is 1. The van der Waals surface area contributed by atoms with Gasteiger partial charge in [-0.05, 0) is 31.0 Å². The molecule has 0 radical (unpaired) electrons. The van der Waals surface area contributed by atoms with E-state index in [1.54, 1.807) is 4.68 Å². The van der Waals surface area contributed by atoms with Crippen LogP contribution in [0.25, 0.3) is 0 Å². The molecule has 2 aromatic rings. The molecule has 0 atom stereocenters. The largest absolute Gasteiger partial charge is 0.319 e. The first-order valence-corrected chi connectivity index (χ1v) is 6.90. The Morgan fingerprint density at radius 3 is 2.89 bits per heavy atom. The highest BCUT2D eigenvalue weighted by Crippen LogP contribution is 2.19. The molecule has 0 aliphatic heterocycles. The van der Waals surface area contributed by atoms with Crippen LogP contribution in [-0.2, 0) is 13.5 Å². The van der Waals surface area contributed by atoms with E-state index >= 15 is 0 Å². The lowest BCUT2D eigenvalue weighted by molar-refractivity contribution is 0.102. The third-order valence-electron chi connectivity index (χ3n) is 2.93. The molecule has 19 heavy (non-hydrogen) atoms. The zero-order chi connectivity index (χ0) is 14.0. The summed E-state index contributed by atoms with van der Waals surface area (Å²) < 4.78 is 2.60. The van der Waals surface area contributed by atoms with E-state index in [4.69, 9.17) is 0 Å². The number of amides is 1. The fraction of sp³-hybridized carbons (Fsp3) is 0.286. The van der Waals surface area contributed by atoms with Crippen molar-refractivity contribution in [3.63, 3.8) is 0 Å². The van der Waals surface area contributed by atoms with Crippen LogP contribution in [0.4, 0.5) is 5.69 Å². The summed E-state index contributed by atoms with van der Waals surface area (Å²) in [6.07, 6.45) is 2.61. The summed E-state index contributed by atoms with van der Waals surface area (Å²) in [4.78, 5) is 12.3. The average Bonchev–Trinajstić information content (AvgIpc) is 2.72. The molecule has 1 N–H and O–H groups in total.